The van der Waals surface area contributed by atoms with Crippen LogP contribution in [0.25, 0.3) is 0 Å². The molecule has 0 saturated carbocycles. The first-order chi connectivity index (χ1) is 7.40. The fourth-order valence-corrected chi connectivity index (χ4v) is 1.62. The summed E-state index contributed by atoms with van der Waals surface area (Å²) in [4.78, 5) is 13.3. The molecule has 0 bridgehead atoms. The highest BCUT2D eigenvalue weighted by Crippen LogP contribution is 2.18. The largest absolute Gasteiger partial charge is 0.450 e. The van der Waals surface area contributed by atoms with Gasteiger partial charge < -0.3 is 14.7 Å². The van der Waals surface area contributed by atoms with Crippen molar-refractivity contribution in [1.29, 1.82) is 0 Å². The fraction of sp³-hybridized carbons (Fsp3) is 0.909. The summed E-state index contributed by atoms with van der Waals surface area (Å²) in [5.74, 6) is 0. The first-order valence-electron chi connectivity index (χ1n) is 5.62. The molecule has 0 fully saturated rings. The third kappa shape index (κ3) is 7.93. The van der Waals surface area contributed by atoms with E-state index < -0.39 is 0 Å². The van der Waals surface area contributed by atoms with Crippen molar-refractivity contribution in [2.24, 2.45) is 0 Å². The van der Waals surface area contributed by atoms with Gasteiger partial charge in [-0.1, -0.05) is 15.9 Å². The molecule has 0 unspecified atom stereocenters. The van der Waals surface area contributed by atoms with Crippen molar-refractivity contribution in [3.8, 4) is 0 Å². The number of halogens is 1. The topological polar surface area (TPSA) is 49.8 Å². The number of hydrogen-bond acceptors (Lipinski definition) is 3. The van der Waals surface area contributed by atoms with Crippen LogP contribution in [0.4, 0.5) is 4.79 Å². The molecule has 0 heterocycles. The molecule has 96 valence electrons. The summed E-state index contributed by atoms with van der Waals surface area (Å²) >= 11 is 3.51. The zero-order chi connectivity index (χ0) is 12.6. The lowest BCUT2D eigenvalue weighted by atomic mass is 10.2. The lowest BCUT2D eigenvalue weighted by Crippen LogP contribution is -2.40. The standard InChI is InChI=1S/C11H22BrNO3/c1-4-16-10(15)13(7-5-6-8-14)9-11(2,3)12/h14H,4-9H2,1-3H3. The first kappa shape index (κ1) is 15.7. The maximum Gasteiger partial charge on any atom is 0.409 e. The predicted octanol–water partition coefficient (Wildman–Crippen LogP) is 2.39. The van der Waals surface area contributed by atoms with Crippen molar-refractivity contribution in [1.82, 2.24) is 4.90 Å². The molecule has 4 nitrogen and oxygen atoms in total. The molecule has 0 spiro atoms. The molecule has 0 aromatic rings. The highest BCUT2D eigenvalue weighted by Gasteiger charge is 2.22. The van der Waals surface area contributed by atoms with E-state index in [-0.39, 0.29) is 17.0 Å². The number of aliphatic hydroxyl groups excluding tert-OH is 1. The van der Waals surface area contributed by atoms with Crippen LogP contribution < -0.4 is 0 Å². The van der Waals surface area contributed by atoms with Gasteiger partial charge in [0.05, 0.1) is 6.61 Å². The van der Waals surface area contributed by atoms with Gasteiger partial charge in [0.15, 0.2) is 0 Å². The summed E-state index contributed by atoms with van der Waals surface area (Å²) < 4.78 is 4.86. The quantitative estimate of drug-likeness (QED) is 0.580. The summed E-state index contributed by atoms with van der Waals surface area (Å²) in [6, 6.07) is 0. The molecule has 0 aliphatic carbocycles. The number of rotatable bonds is 7. The summed E-state index contributed by atoms with van der Waals surface area (Å²) in [7, 11) is 0. The minimum absolute atomic E-state index is 0.126. The van der Waals surface area contributed by atoms with E-state index in [1.807, 2.05) is 13.8 Å². The van der Waals surface area contributed by atoms with E-state index >= 15 is 0 Å². The minimum Gasteiger partial charge on any atom is -0.450 e. The lowest BCUT2D eigenvalue weighted by molar-refractivity contribution is 0.103. The Hall–Kier alpha value is -0.290. The second kappa shape index (κ2) is 7.90. The Morgan fingerprint density at radius 2 is 2.06 bits per heavy atom. The summed E-state index contributed by atoms with van der Waals surface area (Å²) in [6.07, 6.45) is 1.21. The number of unbranched alkanes of at least 4 members (excludes halogenated alkanes) is 1. The van der Waals surface area contributed by atoms with Gasteiger partial charge in [-0.3, -0.25) is 0 Å². The van der Waals surface area contributed by atoms with Crippen LogP contribution in [0.5, 0.6) is 0 Å². The van der Waals surface area contributed by atoms with Crippen LogP contribution in [-0.2, 0) is 4.74 Å². The number of carbonyl (C=O) groups is 1. The summed E-state index contributed by atoms with van der Waals surface area (Å²) in [5, 5.41) is 8.71. The number of carbonyl (C=O) groups excluding carboxylic acids is 1. The van der Waals surface area contributed by atoms with E-state index in [0.717, 1.165) is 6.42 Å². The highest BCUT2D eigenvalue weighted by atomic mass is 79.9. The average Bonchev–Trinajstić information content (AvgIpc) is 2.15. The SMILES string of the molecule is CCOC(=O)N(CCCCO)CC(C)(C)Br. The van der Waals surface area contributed by atoms with Gasteiger partial charge in [0.25, 0.3) is 0 Å². The molecule has 5 heteroatoms. The van der Waals surface area contributed by atoms with Crippen LogP contribution in [0, 0.1) is 0 Å². The summed E-state index contributed by atoms with van der Waals surface area (Å²) in [5.41, 5.74) is 0. The van der Waals surface area contributed by atoms with Crippen LogP contribution in [0.15, 0.2) is 0 Å². The number of ether oxygens (including phenoxy) is 1. The molecule has 0 aromatic heterocycles. The summed E-state index contributed by atoms with van der Waals surface area (Å²) in [6.45, 7) is 7.57. The highest BCUT2D eigenvalue weighted by molar-refractivity contribution is 9.10. The van der Waals surface area contributed by atoms with Crippen molar-refractivity contribution in [2.45, 2.75) is 37.9 Å². The van der Waals surface area contributed by atoms with E-state index in [1.54, 1.807) is 11.8 Å². The Morgan fingerprint density at radius 3 is 2.50 bits per heavy atom. The molecular weight excluding hydrogens is 274 g/mol. The zero-order valence-corrected chi connectivity index (χ0v) is 11.9. The van der Waals surface area contributed by atoms with Crippen molar-refractivity contribution >= 4 is 22.0 Å². The van der Waals surface area contributed by atoms with Crippen molar-refractivity contribution in [3.63, 3.8) is 0 Å². The molecule has 0 atom stereocenters. The molecule has 0 radical (unpaired) electrons. The maximum atomic E-state index is 11.6. The van der Waals surface area contributed by atoms with Gasteiger partial charge >= 0.3 is 6.09 Å². The number of hydrogen-bond donors (Lipinski definition) is 1. The van der Waals surface area contributed by atoms with Gasteiger partial charge in [0, 0.05) is 24.0 Å². The monoisotopic (exact) mass is 295 g/mol. The number of amides is 1. The average molecular weight is 296 g/mol. The molecular formula is C11H22BrNO3. The van der Waals surface area contributed by atoms with Crippen LogP contribution in [-0.4, -0.2) is 46.7 Å². The van der Waals surface area contributed by atoms with Gasteiger partial charge in [-0.2, -0.15) is 0 Å². The fourth-order valence-electron chi connectivity index (χ4n) is 1.32. The second-order valence-electron chi connectivity index (χ2n) is 4.27. The van der Waals surface area contributed by atoms with Gasteiger partial charge in [-0.25, -0.2) is 4.79 Å². The van der Waals surface area contributed by atoms with E-state index in [2.05, 4.69) is 15.9 Å². The lowest BCUT2D eigenvalue weighted by Gasteiger charge is -2.28. The van der Waals surface area contributed by atoms with Gasteiger partial charge in [0.2, 0.25) is 0 Å². The van der Waals surface area contributed by atoms with E-state index in [9.17, 15) is 4.79 Å². The maximum absolute atomic E-state index is 11.6. The molecule has 0 rings (SSSR count). The Labute approximate surface area is 106 Å². The molecule has 0 aliphatic heterocycles. The first-order valence-corrected chi connectivity index (χ1v) is 6.41. The van der Waals surface area contributed by atoms with Crippen LogP contribution in [0.2, 0.25) is 0 Å². The number of aliphatic hydroxyl groups is 1. The second-order valence-corrected chi connectivity index (χ2v) is 6.42. The number of nitrogens with zero attached hydrogens (tertiary/aromatic N) is 1. The number of alkyl halides is 1. The molecule has 0 aliphatic rings. The third-order valence-electron chi connectivity index (χ3n) is 1.93. The van der Waals surface area contributed by atoms with Gasteiger partial charge in [-0.15, -0.1) is 0 Å². The zero-order valence-electron chi connectivity index (χ0n) is 10.3. The minimum atomic E-state index is -0.284. The molecule has 1 N–H and O–H groups in total. The Balaban J connectivity index is 4.21. The van der Waals surface area contributed by atoms with Crippen LogP contribution >= 0.6 is 15.9 Å². The van der Waals surface area contributed by atoms with Crippen molar-refractivity contribution in [3.05, 3.63) is 0 Å². The smallest absolute Gasteiger partial charge is 0.409 e. The van der Waals surface area contributed by atoms with E-state index in [1.165, 1.54) is 0 Å². The van der Waals surface area contributed by atoms with E-state index in [0.29, 0.717) is 26.1 Å². The van der Waals surface area contributed by atoms with Gasteiger partial charge in [-0.05, 0) is 33.6 Å². The Morgan fingerprint density at radius 1 is 1.44 bits per heavy atom. The molecule has 0 aromatic carbocycles. The Kier molecular flexibility index (Phi) is 7.76. The third-order valence-corrected chi connectivity index (χ3v) is 2.18. The van der Waals surface area contributed by atoms with Gasteiger partial charge in [0.1, 0.15) is 0 Å². The predicted molar refractivity (Wildman–Crippen MR) is 67.9 cm³/mol. The van der Waals surface area contributed by atoms with Crippen molar-refractivity contribution < 1.29 is 14.6 Å². The van der Waals surface area contributed by atoms with Crippen LogP contribution in [0.3, 0.4) is 0 Å². The Bertz CT molecular complexity index is 204. The van der Waals surface area contributed by atoms with Crippen molar-refractivity contribution in [2.75, 3.05) is 26.3 Å². The molecule has 16 heavy (non-hydrogen) atoms. The van der Waals surface area contributed by atoms with E-state index in [4.69, 9.17) is 9.84 Å². The molecule has 1 amide bonds. The molecule has 0 saturated heterocycles. The van der Waals surface area contributed by atoms with Crippen LogP contribution in [0.1, 0.15) is 33.6 Å². The normalized spacial score (nSPS) is 11.3.